The zero-order valence-corrected chi connectivity index (χ0v) is 10.3. The van der Waals surface area contributed by atoms with Gasteiger partial charge in [-0.05, 0) is 11.0 Å². The van der Waals surface area contributed by atoms with Gasteiger partial charge in [-0.15, -0.1) is 0 Å². The van der Waals surface area contributed by atoms with Crippen LogP contribution >= 0.6 is 22.6 Å². The number of alkyl halides is 4. The molecule has 0 radical (unpaired) electrons. The zero-order chi connectivity index (χ0) is 12.2. The summed E-state index contributed by atoms with van der Waals surface area (Å²) in [7, 11) is 1.22. The highest BCUT2D eigenvalue weighted by molar-refractivity contribution is 14.1. The van der Waals surface area contributed by atoms with E-state index in [0.29, 0.717) is 12.3 Å². The summed E-state index contributed by atoms with van der Waals surface area (Å²) in [5.74, 6) is 0. The van der Waals surface area contributed by atoms with E-state index in [4.69, 9.17) is 5.73 Å². The van der Waals surface area contributed by atoms with Gasteiger partial charge in [0, 0.05) is 13.2 Å². The predicted octanol–water partition coefficient (Wildman–Crippen LogP) is 2.04. The monoisotopic (exact) mass is 334 g/mol. The molecule has 1 rings (SSSR count). The molecule has 1 heterocycles. The summed E-state index contributed by atoms with van der Waals surface area (Å²) in [4.78, 5) is 12.9. The predicted molar refractivity (Wildman–Crippen MR) is 61.0 cm³/mol. The van der Waals surface area contributed by atoms with Crippen LogP contribution in [0.5, 0.6) is 0 Å². The smallest absolute Gasteiger partial charge is 0.394 e. The first-order chi connectivity index (χ1) is 6.82. The first kappa shape index (κ1) is 14.3. The number of hydrogen-bond acceptors (Lipinski definition) is 2. The standard InChI is InChI=1S/C7H7F3N2O.CH3I/c1-12-3-4(7(8,9)10)2-5(11)6(12)13;1-2/h2-3H,11H2,1H3;1H3. The number of nitrogens with two attached hydrogens (primary N) is 1. The van der Waals surface area contributed by atoms with E-state index in [9.17, 15) is 18.0 Å². The molecule has 1 aromatic heterocycles. The molecule has 0 saturated carbocycles. The Balaban J connectivity index is 0.000000921. The molecule has 0 aromatic carbocycles. The minimum atomic E-state index is -4.47. The van der Waals surface area contributed by atoms with Crippen LogP contribution in [0.2, 0.25) is 0 Å². The third-order valence-electron chi connectivity index (χ3n) is 1.54. The van der Waals surface area contributed by atoms with Crippen molar-refractivity contribution in [3.8, 4) is 0 Å². The van der Waals surface area contributed by atoms with Crippen molar-refractivity contribution in [2.75, 3.05) is 10.7 Å². The fourth-order valence-corrected chi connectivity index (χ4v) is 0.892. The normalized spacial score (nSPS) is 10.5. The Morgan fingerprint density at radius 3 is 2.20 bits per heavy atom. The second-order valence-corrected chi connectivity index (χ2v) is 2.60. The molecule has 0 bridgehead atoms. The quantitative estimate of drug-likeness (QED) is 0.583. The zero-order valence-electron chi connectivity index (χ0n) is 8.10. The molecule has 1 aromatic rings. The second kappa shape index (κ2) is 5.38. The SMILES string of the molecule is CI.Cn1cc(C(F)(F)F)cc(N)c1=O. The fourth-order valence-electron chi connectivity index (χ4n) is 0.892. The van der Waals surface area contributed by atoms with Crippen molar-refractivity contribution in [1.29, 1.82) is 0 Å². The van der Waals surface area contributed by atoms with Crippen molar-refractivity contribution in [3.63, 3.8) is 0 Å². The highest BCUT2D eigenvalue weighted by atomic mass is 127. The average molecular weight is 334 g/mol. The first-order valence-electron chi connectivity index (χ1n) is 3.73. The van der Waals surface area contributed by atoms with Gasteiger partial charge in [0.2, 0.25) is 0 Å². The number of pyridine rings is 1. The highest BCUT2D eigenvalue weighted by Crippen LogP contribution is 2.28. The second-order valence-electron chi connectivity index (χ2n) is 2.60. The van der Waals surface area contributed by atoms with Gasteiger partial charge in [-0.2, -0.15) is 13.2 Å². The number of anilines is 1. The Hall–Kier alpha value is -0.730. The van der Waals surface area contributed by atoms with Gasteiger partial charge in [0.05, 0.1) is 11.3 Å². The van der Waals surface area contributed by atoms with Gasteiger partial charge in [0.1, 0.15) is 0 Å². The summed E-state index contributed by atoms with van der Waals surface area (Å²) in [5, 5.41) is 0. The van der Waals surface area contributed by atoms with Gasteiger partial charge in [-0.25, -0.2) is 0 Å². The van der Waals surface area contributed by atoms with E-state index in [2.05, 4.69) is 22.6 Å². The topological polar surface area (TPSA) is 48.0 Å². The Kier molecular flexibility index (Phi) is 5.12. The maximum absolute atomic E-state index is 12.1. The summed E-state index contributed by atoms with van der Waals surface area (Å²) in [6.45, 7) is 0. The molecular weight excluding hydrogens is 324 g/mol. The third-order valence-corrected chi connectivity index (χ3v) is 1.54. The number of halogens is 4. The molecule has 2 N–H and O–H groups in total. The molecule has 0 aliphatic rings. The maximum Gasteiger partial charge on any atom is 0.417 e. The van der Waals surface area contributed by atoms with Crippen LogP contribution in [0, 0.1) is 0 Å². The molecule has 15 heavy (non-hydrogen) atoms. The van der Waals surface area contributed by atoms with E-state index in [0.717, 1.165) is 4.57 Å². The Bertz CT molecular complexity index is 360. The minimum Gasteiger partial charge on any atom is -0.394 e. The first-order valence-corrected chi connectivity index (χ1v) is 5.89. The van der Waals surface area contributed by atoms with Crippen LogP contribution in [0.15, 0.2) is 17.1 Å². The van der Waals surface area contributed by atoms with Gasteiger partial charge in [-0.1, -0.05) is 22.6 Å². The Morgan fingerprint density at radius 1 is 1.40 bits per heavy atom. The number of nitrogen functional groups attached to an aromatic ring is 1. The molecule has 0 aliphatic carbocycles. The van der Waals surface area contributed by atoms with Crippen molar-refractivity contribution in [3.05, 3.63) is 28.2 Å². The molecule has 0 unspecified atom stereocenters. The lowest BCUT2D eigenvalue weighted by molar-refractivity contribution is -0.138. The summed E-state index contributed by atoms with van der Waals surface area (Å²) >= 11 is 2.15. The lowest BCUT2D eigenvalue weighted by atomic mass is 10.2. The summed E-state index contributed by atoms with van der Waals surface area (Å²) in [6.07, 6.45) is -3.77. The lowest BCUT2D eigenvalue weighted by Crippen LogP contribution is -2.22. The van der Waals surface area contributed by atoms with Gasteiger partial charge >= 0.3 is 6.18 Å². The summed E-state index contributed by atoms with van der Waals surface area (Å²) in [5.41, 5.74) is 3.12. The molecule has 0 fully saturated rings. The summed E-state index contributed by atoms with van der Waals surface area (Å²) in [6, 6.07) is 0.627. The maximum atomic E-state index is 12.1. The Morgan fingerprint density at radius 2 is 1.87 bits per heavy atom. The number of rotatable bonds is 0. The highest BCUT2D eigenvalue weighted by Gasteiger charge is 2.31. The van der Waals surface area contributed by atoms with E-state index in [1.54, 1.807) is 0 Å². The largest absolute Gasteiger partial charge is 0.417 e. The molecule has 86 valence electrons. The number of aromatic nitrogens is 1. The van der Waals surface area contributed by atoms with Crippen LogP contribution in [-0.2, 0) is 13.2 Å². The van der Waals surface area contributed by atoms with Gasteiger partial charge in [-0.3, -0.25) is 4.79 Å². The molecule has 0 atom stereocenters. The van der Waals surface area contributed by atoms with E-state index in [-0.39, 0.29) is 0 Å². The van der Waals surface area contributed by atoms with Crippen molar-refractivity contribution in [1.82, 2.24) is 4.57 Å². The van der Waals surface area contributed by atoms with Crippen molar-refractivity contribution in [2.45, 2.75) is 6.18 Å². The number of hydrogen-bond donors (Lipinski definition) is 1. The van der Waals surface area contributed by atoms with E-state index >= 15 is 0 Å². The number of nitrogens with zero attached hydrogens (tertiary/aromatic N) is 1. The molecule has 0 amide bonds. The Labute approximate surface area is 98.2 Å². The fraction of sp³-hybridized carbons (Fsp3) is 0.375. The molecule has 0 aliphatic heterocycles. The molecule has 7 heteroatoms. The van der Waals surface area contributed by atoms with Crippen molar-refractivity contribution >= 4 is 28.3 Å². The lowest BCUT2D eigenvalue weighted by Gasteiger charge is -2.08. The molecular formula is C8H10F3IN2O. The van der Waals surface area contributed by atoms with Crippen molar-refractivity contribution in [2.24, 2.45) is 7.05 Å². The molecule has 3 nitrogen and oxygen atoms in total. The third kappa shape index (κ3) is 3.73. The van der Waals surface area contributed by atoms with Gasteiger partial charge < -0.3 is 10.3 Å². The van der Waals surface area contributed by atoms with Crippen molar-refractivity contribution < 1.29 is 13.2 Å². The minimum absolute atomic E-state index is 0.405. The van der Waals surface area contributed by atoms with E-state index < -0.39 is 23.0 Å². The molecule has 0 saturated heterocycles. The number of aryl methyl sites for hydroxylation is 1. The van der Waals surface area contributed by atoms with E-state index in [1.807, 2.05) is 4.93 Å². The van der Waals surface area contributed by atoms with Crippen LogP contribution in [-0.4, -0.2) is 9.50 Å². The summed E-state index contributed by atoms with van der Waals surface area (Å²) < 4.78 is 37.1. The molecule has 0 spiro atoms. The van der Waals surface area contributed by atoms with Crippen LogP contribution in [0.4, 0.5) is 18.9 Å². The van der Waals surface area contributed by atoms with Crippen LogP contribution < -0.4 is 11.3 Å². The average Bonchev–Trinajstić information content (AvgIpc) is 2.15. The van der Waals surface area contributed by atoms with Crippen LogP contribution in [0.3, 0.4) is 0 Å². The van der Waals surface area contributed by atoms with E-state index in [1.165, 1.54) is 7.05 Å². The van der Waals surface area contributed by atoms with Crippen LogP contribution in [0.1, 0.15) is 5.56 Å². The van der Waals surface area contributed by atoms with Gasteiger partial charge in [0.15, 0.2) is 0 Å². The van der Waals surface area contributed by atoms with Gasteiger partial charge in [0.25, 0.3) is 5.56 Å². The van der Waals surface area contributed by atoms with Crippen LogP contribution in [0.25, 0.3) is 0 Å².